The van der Waals surface area contributed by atoms with Crippen molar-refractivity contribution in [1.29, 1.82) is 5.26 Å². The minimum Gasteiger partial charge on any atom is -0.308 e. The lowest BCUT2D eigenvalue weighted by Gasteiger charge is -2.10. The molecule has 10 rings (SSSR count). The first kappa shape index (κ1) is 21.8. The van der Waals surface area contributed by atoms with Crippen LogP contribution in [0.3, 0.4) is 0 Å². The zero-order valence-electron chi connectivity index (χ0n) is 22.2. The third kappa shape index (κ3) is 2.53. The highest BCUT2D eigenvalue weighted by Gasteiger charge is 2.26. The molecule has 0 aliphatic heterocycles. The molecule has 0 N–H and O–H groups in total. The third-order valence-electron chi connectivity index (χ3n) is 8.86. The second kappa shape index (κ2) is 7.60. The number of nitrogens with zero attached hydrogens (tertiary/aromatic N) is 5. The van der Waals surface area contributed by atoms with Crippen molar-refractivity contribution in [3.05, 3.63) is 121 Å². The molecule has 0 saturated carbocycles. The molecule has 0 unspecified atom stereocenters. The summed E-state index contributed by atoms with van der Waals surface area (Å²) in [7, 11) is 0. The van der Waals surface area contributed by atoms with E-state index in [1.54, 1.807) is 0 Å². The van der Waals surface area contributed by atoms with Gasteiger partial charge in [0, 0.05) is 32.3 Å². The van der Waals surface area contributed by atoms with Crippen molar-refractivity contribution < 1.29 is 0 Å². The van der Waals surface area contributed by atoms with Crippen molar-refractivity contribution in [3.63, 3.8) is 0 Å². The van der Waals surface area contributed by atoms with Crippen LogP contribution in [0.1, 0.15) is 5.69 Å². The molecule has 0 fully saturated rings. The first-order valence-electron chi connectivity index (χ1n) is 14.0. The molecule has 0 aliphatic carbocycles. The van der Waals surface area contributed by atoms with Crippen LogP contribution in [0, 0.1) is 11.3 Å². The van der Waals surface area contributed by atoms with E-state index in [0.717, 1.165) is 21.9 Å². The van der Waals surface area contributed by atoms with Gasteiger partial charge >= 0.3 is 0 Å². The molecule has 5 heteroatoms. The van der Waals surface area contributed by atoms with Crippen molar-refractivity contribution in [1.82, 2.24) is 18.9 Å². The lowest BCUT2D eigenvalue weighted by molar-refractivity contribution is 1.06. The third-order valence-corrected chi connectivity index (χ3v) is 8.86. The molecule has 10 aromatic rings. The van der Waals surface area contributed by atoms with Gasteiger partial charge in [0.1, 0.15) is 6.07 Å². The van der Waals surface area contributed by atoms with Crippen molar-refractivity contribution >= 4 is 81.7 Å². The number of hydrogen-bond donors (Lipinski definition) is 0. The van der Waals surface area contributed by atoms with Gasteiger partial charge in [0.2, 0.25) is 0 Å². The van der Waals surface area contributed by atoms with E-state index in [1.165, 1.54) is 54.3 Å². The van der Waals surface area contributed by atoms with Crippen LogP contribution < -0.4 is 0 Å². The van der Waals surface area contributed by atoms with Crippen molar-refractivity contribution in [2.75, 3.05) is 0 Å². The van der Waals surface area contributed by atoms with Crippen LogP contribution >= 0.6 is 0 Å². The average Bonchev–Trinajstić information content (AvgIpc) is 3.68. The molecule has 0 spiro atoms. The molecule has 4 aromatic heterocycles. The Morgan fingerprint density at radius 2 is 1.19 bits per heavy atom. The Morgan fingerprint density at radius 3 is 2.00 bits per heavy atom. The maximum Gasteiger partial charge on any atom is 0.184 e. The number of hydrogen-bond acceptors (Lipinski definition) is 3. The summed E-state index contributed by atoms with van der Waals surface area (Å²) in [5.41, 5.74) is 7.41. The van der Waals surface area contributed by atoms with Gasteiger partial charge in [0.15, 0.2) is 11.5 Å². The fourth-order valence-electron chi connectivity index (χ4n) is 7.22. The first-order chi connectivity index (χ1) is 20.8. The van der Waals surface area contributed by atoms with E-state index in [9.17, 15) is 5.26 Å². The Labute approximate surface area is 238 Å². The lowest BCUT2D eigenvalue weighted by atomic mass is 9.99. The molecule has 6 aromatic carbocycles. The maximum atomic E-state index is 10.3. The summed E-state index contributed by atoms with van der Waals surface area (Å²) in [6.45, 7) is 0. The van der Waals surface area contributed by atoms with Crippen molar-refractivity contribution in [2.45, 2.75) is 0 Å². The van der Waals surface area contributed by atoms with Crippen LogP contribution in [0.15, 0.2) is 115 Å². The Hall–Kier alpha value is -5.99. The highest BCUT2D eigenvalue weighted by Crippen LogP contribution is 2.47. The zero-order chi connectivity index (χ0) is 27.5. The molecule has 0 radical (unpaired) electrons. The fraction of sp³-hybridized carbons (Fsp3) is 0. The molecular weight excluding hydrogens is 514 g/mol. The lowest BCUT2D eigenvalue weighted by Crippen LogP contribution is -2.04. The fourth-order valence-corrected chi connectivity index (χ4v) is 7.22. The summed E-state index contributed by atoms with van der Waals surface area (Å²) in [5.74, 6) is 0.549. The van der Waals surface area contributed by atoms with Gasteiger partial charge in [-0.25, -0.2) is 9.97 Å². The summed E-state index contributed by atoms with van der Waals surface area (Å²) in [6, 6.07) is 42.6. The molecule has 0 saturated heterocycles. The maximum absolute atomic E-state index is 10.3. The van der Waals surface area contributed by atoms with Crippen LogP contribution in [0.2, 0.25) is 0 Å². The topological polar surface area (TPSA) is 58.9 Å². The highest BCUT2D eigenvalue weighted by atomic mass is 15.1. The monoisotopic (exact) mass is 533 g/mol. The van der Waals surface area contributed by atoms with E-state index in [4.69, 9.17) is 9.97 Å². The normalized spacial score (nSPS) is 12.3. The molecule has 192 valence electrons. The van der Waals surface area contributed by atoms with E-state index in [1.807, 2.05) is 24.3 Å². The minimum absolute atomic E-state index is 0.306. The predicted molar refractivity (Wildman–Crippen MR) is 171 cm³/mol. The molecular formula is C37H19N5. The number of rotatable bonds is 1. The summed E-state index contributed by atoms with van der Waals surface area (Å²) in [5, 5.41) is 19.8. The molecule has 0 aliphatic rings. The van der Waals surface area contributed by atoms with Gasteiger partial charge in [-0.1, -0.05) is 78.9 Å². The second-order valence-electron chi connectivity index (χ2n) is 10.9. The summed E-state index contributed by atoms with van der Waals surface area (Å²) >= 11 is 0. The summed E-state index contributed by atoms with van der Waals surface area (Å²) in [4.78, 5) is 9.85. The second-order valence-corrected chi connectivity index (χ2v) is 10.9. The van der Waals surface area contributed by atoms with Gasteiger partial charge in [0.05, 0.1) is 38.6 Å². The molecule has 5 nitrogen and oxygen atoms in total. The number of benzene rings is 6. The Kier molecular flexibility index (Phi) is 3.94. The van der Waals surface area contributed by atoms with Crippen molar-refractivity contribution in [3.8, 4) is 11.9 Å². The van der Waals surface area contributed by atoms with Gasteiger partial charge in [0.25, 0.3) is 0 Å². The predicted octanol–water partition coefficient (Wildman–Crippen LogP) is 8.90. The van der Waals surface area contributed by atoms with Gasteiger partial charge in [-0.15, -0.1) is 0 Å². The molecule has 42 heavy (non-hydrogen) atoms. The Morgan fingerprint density at radius 1 is 0.524 bits per heavy atom. The van der Waals surface area contributed by atoms with E-state index in [-0.39, 0.29) is 0 Å². The van der Waals surface area contributed by atoms with Gasteiger partial charge < -0.3 is 4.40 Å². The van der Waals surface area contributed by atoms with E-state index >= 15 is 0 Å². The molecule has 0 bridgehead atoms. The minimum atomic E-state index is 0.306. The van der Waals surface area contributed by atoms with Gasteiger partial charge in [-0.3, -0.25) is 4.57 Å². The largest absolute Gasteiger partial charge is 0.308 e. The van der Waals surface area contributed by atoms with Crippen LogP contribution in [0.4, 0.5) is 0 Å². The zero-order valence-corrected chi connectivity index (χ0v) is 22.2. The van der Waals surface area contributed by atoms with Crippen LogP contribution in [0.25, 0.3) is 87.5 Å². The molecule has 0 atom stereocenters. The number of aromatic nitrogens is 4. The number of fused-ring (bicyclic) bond motifs is 13. The van der Waals surface area contributed by atoms with Crippen molar-refractivity contribution in [2.24, 2.45) is 0 Å². The Balaban J connectivity index is 1.56. The highest BCUT2D eigenvalue weighted by molar-refractivity contribution is 6.38. The van der Waals surface area contributed by atoms with Crippen LogP contribution in [0.5, 0.6) is 0 Å². The van der Waals surface area contributed by atoms with Gasteiger partial charge in [-0.2, -0.15) is 5.26 Å². The summed E-state index contributed by atoms with van der Waals surface area (Å²) in [6.07, 6.45) is 0. The van der Waals surface area contributed by atoms with Crippen LogP contribution in [-0.2, 0) is 0 Å². The Bertz CT molecular complexity index is 2810. The smallest absolute Gasteiger partial charge is 0.184 e. The quantitative estimate of drug-likeness (QED) is 0.212. The van der Waals surface area contributed by atoms with E-state index < -0.39 is 0 Å². The SMILES string of the molecule is N#Cc1nc2ccccc2nc1-n1c2ccc3ccccc3c2c2c3c4ccccc4n4c5ccccc5c(cc21)c34. The van der Waals surface area contributed by atoms with E-state index in [2.05, 4.69) is 106 Å². The van der Waals surface area contributed by atoms with E-state index in [0.29, 0.717) is 17.0 Å². The molecule has 4 heterocycles. The summed E-state index contributed by atoms with van der Waals surface area (Å²) < 4.78 is 4.58. The number of nitriles is 1. The molecule has 0 amide bonds. The first-order valence-corrected chi connectivity index (χ1v) is 14.0. The number of para-hydroxylation sites is 4. The standard InChI is InChI=1S/C37H19N5/c38-20-28-37(40-27-14-6-5-13-26(27)39-28)42-31-18-17-21-9-1-2-10-22(21)33(31)35-32(42)19-25-23-11-3-7-15-29(23)41-30-16-8-4-12-24(30)34(35)36(25)41/h1-19H. The van der Waals surface area contributed by atoms with Crippen LogP contribution in [-0.4, -0.2) is 18.9 Å². The van der Waals surface area contributed by atoms with Gasteiger partial charge in [-0.05, 0) is 47.2 Å². The average molecular weight is 534 g/mol.